The van der Waals surface area contributed by atoms with Crippen LogP contribution in [0.15, 0.2) is 24.3 Å². The Kier molecular flexibility index (Phi) is 4.00. The molecular formula is C13H8ClF3N4. The fourth-order valence-corrected chi connectivity index (χ4v) is 1.82. The first kappa shape index (κ1) is 15.1. The molecule has 21 heavy (non-hydrogen) atoms. The molecule has 0 aliphatic heterocycles. The first-order valence-electron chi connectivity index (χ1n) is 5.69. The number of hydrogen-bond acceptors (Lipinski definition) is 4. The van der Waals surface area contributed by atoms with E-state index in [0.717, 1.165) is 12.1 Å². The molecule has 1 N–H and O–H groups in total. The van der Waals surface area contributed by atoms with E-state index >= 15 is 0 Å². The van der Waals surface area contributed by atoms with Gasteiger partial charge >= 0.3 is 6.18 Å². The number of aryl methyl sites for hydroxylation is 1. The first-order chi connectivity index (χ1) is 9.79. The molecule has 2 rings (SSSR count). The van der Waals surface area contributed by atoms with Crippen molar-refractivity contribution >= 4 is 23.2 Å². The number of benzene rings is 1. The summed E-state index contributed by atoms with van der Waals surface area (Å²) < 4.78 is 37.6. The maximum Gasteiger partial charge on any atom is 0.416 e. The first-order valence-corrected chi connectivity index (χ1v) is 6.07. The molecule has 0 aliphatic rings. The van der Waals surface area contributed by atoms with Crippen molar-refractivity contribution in [3.8, 4) is 6.07 Å². The second-order valence-corrected chi connectivity index (χ2v) is 4.55. The van der Waals surface area contributed by atoms with Crippen molar-refractivity contribution in [3.63, 3.8) is 0 Å². The van der Waals surface area contributed by atoms with E-state index in [1.807, 2.05) is 6.07 Å². The molecule has 0 bridgehead atoms. The highest BCUT2D eigenvalue weighted by atomic mass is 35.5. The van der Waals surface area contributed by atoms with Crippen LogP contribution in [-0.2, 0) is 6.18 Å². The predicted octanol–water partition coefficient (Wildman–Crippen LogP) is 4.07. The maximum absolute atomic E-state index is 12.5. The highest BCUT2D eigenvalue weighted by molar-refractivity contribution is 6.33. The summed E-state index contributed by atoms with van der Waals surface area (Å²) in [4.78, 5) is 7.93. The number of halogens is 4. The highest BCUT2D eigenvalue weighted by Crippen LogP contribution is 2.34. The molecule has 0 saturated heterocycles. The van der Waals surface area contributed by atoms with E-state index in [4.69, 9.17) is 16.9 Å². The molecule has 108 valence electrons. The van der Waals surface area contributed by atoms with Gasteiger partial charge in [0.25, 0.3) is 0 Å². The van der Waals surface area contributed by atoms with E-state index in [2.05, 4.69) is 15.3 Å². The number of nitrogens with one attached hydrogen (secondary N) is 1. The van der Waals surface area contributed by atoms with Crippen molar-refractivity contribution in [2.45, 2.75) is 13.1 Å². The van der Waals surface area contributed by atoms with Crippen molar-refractivity contribution in [1.29, 1.82) is 5.26 Å². The second kappa shape index (κ2) is 5.58. The number of nitriles is 1. The summed E-state index contributed by atoms with van der Waals surface area (Å²) in [6.45, 7) is 1.67. The van der Waals surface area contributed by atoms with E-state index in [-0.39, 0.29) is 22.4 Å². The van der Waals surface area contributed by atoms with Crippen LogP contribution < -0.4 is 5.32 Å². The Bertz CT molecular complexity index is 722. The summed E-state index contributed by atoms with van der Waals surface area (Å²) in [6.07, 6.45) is -4.46. The lowest BCUT2D eigenvalue weighted by atomic mass is 10.2. The summed E-state index contributed by atoms with van der Waals surface area (Å²) in [5.74, 6) is 0.0909. The molecule has 1 aromatic carbocycles. The van der Waals surface area contributed by atoms with Crippen LogP contribution >= 0.6 is 11.6 Å². The summed E-state index contributed by atoms with van der Waals surface area (Å²) in [7, 11) is 0. The monoisotopic (exact) mass is 312 g/mol. The van der Waals surface area contributed by atoms with Gasteiger partial charge in [-0.2, -0.15) is 18.4 Å². The third-order valence-corrected chi connectivity index (χ3v) is 2.82. The van der Waals surface area contributed by atoms with Crippen LogP contribution in [0.1, 0.15) is 17.0 Å². The van der Waals surface area contributed by atoms with E-state index in [9.17, 15) is 13.2 Å². The molecule has 0 atom stereocenters. The zero-order valence-corrected chi connectivity index (χ0v) is 11.4. The Morgan fingerprint density at radius 3 is 2.52 bits per heavy atom. The fourth-order valence-electron chi connectivity index (χ4n) is 1.59. The lowest BCUT2D eigenvalue weighted by Gasteiger charge is -2.11. The largest absolute Gasteiger partial charge is 0.416 e. The Labute approximate surface area is 123 Å². The summed E-state index contributed by atoms with van der Waals surface area (Å²) >= 11 is 5.82. The van der Waals surface area contributed by atoms with E-state index in [1.165, 1.54) is 12.1 Å². The van der Waals surface area contributed by atoms with Crippen LogP contribution in [0.3, 0.4) is 0 Å². The number of aromatic nitrogens is 2. The van der Waals surface area contributed by atoms with Gasteiger partial charge in [-0.05, 0) is 31.2 Å². The molecule has 0 radical (unpaired) electrons. The minimum absolute atomic E-state index is 0.0909. The Morgan fingerprint density at radius 1 is 1.24 bits per heavy atom. The minimum Gasteiger partial charge on any atom is -0.323 e. The van der Waals surface area contributed by atoms with Crippen LogP contribution in [-0.4, -0.2) is 9.97 Å². The zero-order valence-electron chi connectivity index (χ0n) is 10.7. The normalized spacial score (nSPS) is 11.0. The molecule has 0 unspecified atom stereocenters. The van der Waals surface area contributed by atoms with Crippen molar-refractivity contribution in [2.24, 2.45) is 0 Å². The van der Waals surface area contributed by atoms with Gasteiger partial charge in [-0.1, -0.05) is 11.6 Å². The Morgan fingerprint density at radius 2 is 1.95 bits per heavy atom. The minimum atomic E-state index is -4.46. The number of hydrogen-bond donors (Lipinski definition) is 1. The lowest BCUT2D eigenvalue weighted by Crippen LogP contribution is -2.06. The van der Waals surface area contributed by atoms with E-state index in [1.54, 1.807) is 6.92 Å². The zero-order chi connectivity index (χ0) is 15.6. The van der Waals surface area contributed by atoms with E-state index in [0.29, 0.717) is 5.69 Å². The van der Waals surface area contributed by atoms with Gasteiger partial charge in [0.2, 0.25) is 5.95 Å². The molecule has 2 aromatic rings. The third-order valence-electron chi connectivity index (χ3n) is 2.51. The molecule has 0 spiro atoms. The summed E-state index contributed by atoms with van der Waals surface area (Å²) in [5.41, 5.74) is 0.0696. The predicted molar refractivity (Wildman–Crippen MR) is 71.2 cm³/mol. The van der Waals surface area contributed by atoms with Gasteiger partial charge in [0.05, 0.1) is 16.3 Å². The van der Waals surface area contributed by atoms with E-state index < -0.39 is 11.7 Å². The molecular weight excluding hydrogens is 305 g/mol. The Hall–Kier alpha value is -2.33. The van der Waals surface area contributed by atoms with Gasteiger partial charge in [-0.15, -0.1) is 0 Å². The quantitative estimate of drug-likeness (QED) is 0.908. The number of rotatable bonds is 2. The van der Waals surface area contributed by atoms with Gasteiger partial charge in [0.15, 0.2) is 0 Å². The second-order valence-electron chi connectivity index (χ2n) is 4.15. The molecule has 8 heteroatoms. The standard InChI is InChI=1S/C13H8ClF3N4/c1-7-4-9(6-18)20-12(19-7)21-11-3-2-8(5-10(11)14)13(15,16)17/h2-5H,1H3,(H,19,20,21). The Balaban J connectivity index is 2.33. The van der Waals surface area contributed by atoms with Crippen molar-refractivity contribution in [3.05, 3.63) is 46.2 Å². The number of alkyl halides is 3. The molecule has 0 amide bonds. The highest BCUT2D eigenvalue weighted by Gasteiger charge is 2.30. The number of nitrogens with zero attached hydrogens (tertiary/aromatic N) is 3. The van der Waals surface area contributed by atoms with Crippen LogP contribution in [0.2, 0.25) is 5.02 Å². The fraction of sp³-hybridized carbons (Fsp3) is 0.154. The molecule has 0 saturated carbocycles. The van der Waals surface area contributed by atoms with Gasteiger partial charge in [-0.3, -0.25) is 0 Å². The third kappa shape index (κ3) is 3.61. The smallest absolute Gasteiger partial charge is 0.323 e. The van der Waals surface area contributed by atoms with Gasteiger partial charge in [0.1, 0.15) is 11.8 Å². The average molecular weight is 313 g/mol. The molecule has 1 heterocycles. The molecule has 1 aromatic heterocycles. The van der Waals surface area contributed by atoms with Crippen molar-refractivity contribution in [2.75, 3.05) is 5.32 Å². The molecule has 0 fully saturated rings. The van der Waals surface area contributed by atoms with Crippen molar-refractivity contribution < 1.29 is 13.2 Å². The van der Waals surface area contributed by atoms with Gasteiger partial charge in [-0.25, -0.2) is 9.97 Å². The molecule has 4 nitrogen and oxygen atoms in total. The SMILES string of the molecule is Cc1cc(C#N)nc(Nc2ccc(C(F)(F)F)cc2Cl)n1. The maximum atomic E-state index is 12.5. The number of anilines is 2. The molecule has 0 aliphatic carbocycles. The van der Waals surface area contributed by atoms with Crippen LogP contribution in [0.5, 0.6) is 0 Å². The van der Waals surface area contributed by atoms with Gasteiger partial charge in [0, 0.05) is 5.69 Å². The van der Waals surface area contributed by atoms with Gasteiger partial charge < -0.3 is 5.32 Å². The lowest BCUT2D eigenvalue weighted by molar-refractivity contribution is -0.137. The average Bonchev–Trinajstić information content (AvgIpc) is 2.39. The summed E-state index contributed by atoms with van der Waals surface area (Å²) in [5, 5.41) is 11.4. The topological polar surface area (TPSA) is 61.6 Å². The van der Waals surface area contributed by atoms with Crippen molar-refractivity contribution in [1.82, 2.24) is 9.97 Å². The van der Waals surface area contributed by atoms with Crippen LogP contribution in [0, 0.1) is 18.3 Å². The summed E-state index contributed by atoms with van der Waals surface area (Å²) in [6, 6.07) is 6.24. The van der Waals surface area contributed by atoms with Crippen LogP contribution in [0.4, 0.5) is 24.8 Å². The van der Waals surface area contributed by atoms with Crippen LogP contribution in [0.25, 0.3) is 0 Å².